The van der Waals surface area contributed by atoms with Crippen LogP contribution in [0.5, 0.6) is 11.5 Å². The smallest absolute Gasteiger partial charge is 0.254 e. The van der Waals surface area contributed by atoms with Crippen LogP contribution in [0.2, 0.25) is 0 Å². The number of sulfonamides is 1. The highest BCUT2D eigenvalue weighted by Crippen LogP contribution is 2.27. The zero-order valence-corrected chi connectivity index (χ0v) is 25.7. The van der Waals surface area contributed by atoms with Crippen LogP contribution >= 0.6 is 0 Å². The van der Waals surface area contributed by atoms with Crippen LogP contribution in [0.25, 0.3) is 0 Å². The van der Waals surface area contributed by atoms with Gasteiger partial charge in [-0.1, -0.05) is 18.2 Å². The zero-order chi connectivity index (χ0) is 31.7. The first-order chi connectivity index (χ1) is 21.1. The van der Waals surface area contributed by atoms with E-state index in [0.29, 0.717) is 56.3 Å². The topological polar surface area (TPSA) is 144 Å². The van der Waals surface area contributed by atoms with Gasteiger partial charge in [0.1, 0.15) is 6.54 Å². The number of hydrogen-bond acceptors (Lipinski definition) is 8. The van der Waals surface area contributed by atoms with Crippen molar-refractivity contribution in [1.29, 1.82) is 0 Å². The van der Waals surface area contributed by atoms with Gasteiger partial charge in [0.15, 0.2) is 11.5 Å². The number of amides is 3. The Balaban J connectivity index is 1.39. The lowest BCUT2D eigenvalue weighted by Gasteiger charge is -2.27. The highest BCUT2D eigenvalue weighted by Gasteiger charge is 2.24. The van der Waals surface area contributed by atoms with E-state index < -0.39 is 28.4 Å². The molecule has 13 heteroatoms. The van der Waals surface area contributed by atoms with Gasteiger partial charge in [-0.15, -0.1) is 0 Å². The molecule has 0 aliphatic carbocycles. The van der Waals surface area contributed by atoms with Crippen LogP contribution in [-0.4, -0.2) is 90.9 Å². The maximum atomic E-state index is 13.1. The van der Waals surface area contributed by atoms with Gasteiger partial charge in [0.25, 0.3) is 11.8 Å². The van der Waals surface area contributed by atoms with Gasteiger partial charge in [0.05, 0.1) is 50.6 Å². The average molecular weight is 625 g/mol. The minimum atomic E-state index is -3.87. The second-order valence-electron chi connectivity index (χ2n) is 10.0. The predicted octanol–water partition coefficient (Wildman–Crippen LogP) is 2.55. The maximum absolute atomic E-state index is 13.1. The largest absolute Gasteiger partial charge is 0.493 e. The number of para-hydroxylation sites is 1. The number of rotatable bonds is 12. The van der Waals surface area contributed by atoms with Crippen LogP contribution in [-0.2, 0) is 26.0 Å². The fourth-order valence-electron chi connectivity index (χ4n) is 4.68. The number of anilines is 2. The Bertz CT molecular complexity index is 1590. The first-order valence-corrected chi connectivity index (χ1v) is 15.8. The van der Waals surface area contributed by atoms with E-state index >= 15 is 0 Å². The quantitative estimate of drug-likeness (QED) is 0.313. The van der Waals surface area contributed by atoms with E-state index in [-0.39, 0.29) is 22.8 Å². The van der Waals surface area contributed by atoms with Crippen molar-refractivity contribution >= 4 is 39.1 Å². The van der Waals surface area contributed by atoms with Crippen molar-refractivity contribution in [2.75, 3.05) is 69.5 Å². The molecule has 234 valence electrons. The van der Waals surface area contributed by atoms with Crippen LogP contribution in [0.4, 0.5) is 11.4 Å². The number of morpholine rings is 1. The molecule has 2 N–H and O–H groups in total. The van der Waals surface area contributed by atoms with Crippen molar-refractivity contribution in [3.8, 4) is 11.5 Å². The van der Waals surface area contributed by atoms with Crippen molar-refractivity contribution in [3.63, 3.8) is 0 Å². The fourth-order valence-corrected chi connectivity index (χ4v) is 5.54. The summed E-state index contributed by atoms with van der Waals surface area (Å²) in [6, 6.07) is 18.0. The minimum Gasteiger partial charge on any atom is -0.493 e. The number of ether oxygens (including phenoxy) is 3. The Labute approximate surface area is 256 Å². The molecule has 3 aromatic rings. The molecule has 4 rings (SSSR count). The third kappa shape index (κ3) is 8.26. The lowest BCUT2D eigenvalue weighted by molar-refractivity contribution is -0.114. The van der Waals surface area contributed by atoms with E-state index in [0.717, 1.165) is 16.1 Å². The molecule has 0 bridgehead atoms. The molecule has 3 aromatic carbocycles. The van der Waals surface area contributed by atoms with Crippen LogP contribution in [0, 0.1) is 0 Å². The summed E-state index contributed by atoms with van der Waals surface area (Å²) in [5.74, 6) is -0.0290. The summed E-state index contributed by atoms with van der Waals surface area (Å²) in [6.07, 6.45) is 1.52. The summed E-state index contributed by atoms with van der Waals surface area (Å²) in [6.45, 7) is 1.67. The molecule has 12 nitrogen and oxygen atoms in total. The molecule has 1 aliphatic rings. The molecule has 1 heterocycles. The van der Waals surface area contributed by atoms with Gasteiger partial charge < -0.3 is 29.7 Å². The monoisotopic (exact) mass is 624 g/mol. The number of carbonyl (C=O) groups is 3. The van der Waals surface area contributed by atoms with Crippen LogP contribution < -0.4 is 24.4 Å². The molecular formula is C31H36N4O8S. The number of methoxy groups -OCH3 is 2. The SMILES string of the molecule is COc1ccc(CCNC(=O)c2ccccc2NC(=O)CN(c2ccc(C(=O)N3CCOCC3)cc2)S(C)(=O)=O)cc1OC. The van der Waals surface area contributed by atoms with Gasteiger partial charge in [0.2, 0.25) is 15.9 Å². The van der Waals surface area contributed by atoms with Crippen LogP contribution in [0.3, 0.4) is 0 Å². The fraction of sp³-hybridized carbons (Fsp3) is 0.323. The molecule has 1 saturated heterocycles. The number of nitrogens with one attached hydrogen (secondary N) is 2. The Hall–Kier alpha value is -4.62. The summed E-state index contributed by atoms with van der Waals surface area (Å²) in [5.41, 5.74) is 2.02. The van der Waals surface area contributed by atoms with E-state index in [4.69, 9.17) is 14.2 Å². The lowest BCUT2D eigenvalue weighted by atomic mass is 10.1. The molecule has 0 unspecified atom stereocenters. The highest BCUT2D eigenvalue weighted by atomic mass is 32.2. The van der Waals surface area contributed by atoms with E-state index in [1.807, 2.05) is 12.1 Å². The molecule has 0 spiro atoms. The van der Waals surface area contributed by atoms with Gasteiger partial charge in [-0.2, -0.15) is 0 Å². The van der Waals surface area contributed by atoms with E-state index in [1.54, 1.807) is 49.5 Å². The first kappa shape index (κ1) is 32.3. The summed E-state index contributed by atoms with van der Waals surface area (Å²) in [7, 11) is -0.761. The third-order valence-corrected chi connectivity index (χ3v) is 8.12. The Morgan fingerprint density at radius 3 is 2.27 bits per heavy atom. The molecule has 0 saturated carbocycles. The molecule has 3 amide bonds. The lowest BCUT2D eigenvalue weighted by Crippen LogP contribution is -2.40. The molecule has 1 aliphatic heterocycles. The number of hydrogen-bond donors (Lipinski definition) is 2. The molecular weight excluding hydrogens is 588 g/mol. The molecule has 0 aromatic heterocycles. The Kier molecular flexibility index (Phi) is 10.8. The maximum Gasteiger partial charge on any atom is 0.254 e. The van der Waals surface area contributed by atoms with E-state index in [1.165, 1.54) is 24.3 Å². The van der Waals surface area contributed by atoms with Gasteiger partial charge in [-0.25, -0.2) is 8.42 Å². The summed E-state index contributed by atoms with van der Waals surface area (Å²) in [5, 5.41) is 5.51. The van der Waals surface area contributed by atoms with E-state index in [2.05, 4.69) is 10.6 Å². The van der Waals surface area contributed by atoms with Gasteiger partial charge in [-0.3, -0.25) is 18.7 Å². The van der Waals surface area contributed by atoms with Gasteiger partial charge in [-0.05, 0) is 60.5 Å². The van der Waals surface area contributed by atoms with Crippen molar-refractivity contribution in [3.05, 3.63) is 83.4 Å². The zero-order valence-electron chi connectivity index (χ0n) is 24.9. The Morgan fingerprint density at radius 1 is 0.932 bits per heavy atom. The van der Waals surface area contributed by atoms with Gasteiger partial charge in [0, 0.05) is 25.2 Å². The van der Waals surface area contributed by atoms with Crippen molar-refractivity contribution in [2.45, 2.75) is 6.42 Å². The molecule has 1 fully saturated rings. The highest BCUT2D eigenvalue weighted by molar-refractivity contribution is 7.92. The normalized spacial score (nSPS) is 13.1. The van der Waals surface area contributed by atoms with Crippen molar-refractivity contribution in [1.82, 2.24) is 10.2 Å². The summed E-state index contributed by atoms with van der Waals surface area (Å²) >= 11 is 0. The number of carbonyl (C=O) groups excluding carboxylic acids is 3. The van der Waals surface area contributed by atoms with Crippen LogP contribution in [0.15, 0.2) is 66.7 Å². The second kappa shape index (κ2) is 14.7. The molecule has 0 radical (unpaired) electrons. The first-order valence-electron chi connectivity index (χ1n) is 13.9. The standard InChI is InChI=1S/C31H36N4O8S/c1-41-27-13-8-22(20-28(27)42-2)14-15-32-30(37)25-6-4-5-7-26(25)33-29(36)21-35(44(3,39)40)24-11-9-23(10-12-24)31(38)34-16-18-43-19-17-34/h4-13,20H,14-19,21H2,1-3H3,(H,32,37)(H,33,36). The average Bonchev–Trinajstić information content (AvgIpc) is 3.03. The molecule has 0 atom stereocenters. The predicted molar refractivity (Wildman–Crippen MR) is 166 cm³/mol. The summed E-state index contributed by atoms with van der Waals surface area (Å²) in [4.78, 5) is 40.5. The third-order valence-electron chi connectivity index (χ3n) is 6.98. The molecule has 44 heavy (non-hydrogen) atoms. The van der Waals surface area contributed by atoms with Crippen molar-refractivity contribution < 1.29 is 37.0 Å². The van der Waals surface area contributed by atoms with Crippen LogP contribution in [0.1, 0.15) is 26.3 Å². The second-order valence-corrected chi connectivity index (χ2v) is 11.9. The van der Waals surface area contributed by atoms with Gasteiger partial charge >= 0.3 is 0 Å². The summed E-state index contributed by atoms with van der Waals surface area (Å²) < 4.78 is 42.1. The Morgan fingerprint density at radius 2 is 1.61 bits per heavy atom. The van der Waals surface area contributed by atoms with E-state index in [9.17, 15) is 22.8 Å². The van der Waals surface area contributed by atoms with Crippen molar-refractivity contribution in [2.24, 2.45) is 0 Å². The number of nitrogens with zero attached hydrogens (tertiary/aromatic N) is 2. The number of benzene rings is 3. The minimum absolute atomic E-state index is 0.179.